The molecule has 0 aliphatic heterocycles. The first-order valence-corrected chi connectivity index (χ1v) is 7.32. The highest BCUT2D eigenvalue weighted by Gasteiger charge is 2.24. The largest absolute Gasteiger partial charge is 0.310 e. The average Bonchev–Trinajstić information content (AvgIpc) is 2.80. The van der Waals surface area contributed by atoms with Crippen molar-refractivity contribution < 1.29 is 0 Å². The van der Waals surface area contributed by atoms with Crippen LogP contribution < -0.4 is 10.9 Å². The van der Waals surface area contributed by atoms with Crippen LogP contribution in [0.25, 0.3) is 0 Å². The van der Waals surface area contributed by atoms with Gasteiger partial charge in [-0.15, -0.1) is 0 Å². The summed E-state index contributed by atoms with van der Waals surface area (Å²) in [7, 11) is 0. The third-order valence-electron chi connectivity index (χ3n) is 4.32. The Morgan fingerprint density at radius 2 is 1.89 bits per heavy atom. The Labute approximate surface area is 115 Å². The number of nitrogens with zero attached hydrogens (tertiary/aromatic N) is 1. The Morgan fingerprint density at radius 3 is 2.47 bits per heavy atom. The van der Waals surface area contributed by atoms with Crippen molar-refractivity contribution in [3.63, 3.8) is 0 Å². The fourth-order valence-electron chi connectivity index (χ4n) is 3.32. The number of aromatic amines is 1. The Kier molecular flexibility index (Phi) is 4.40. The van der Waals surface area contributed by atoms with Gasteiger partial charge in [0.2, 0.25) is 0 Å². The van der Waals surface area contributed by atoms with Gasteiger partial charge in [-0.2, -0.15) is 0 Å². The number of rotatable bonds is 4. The van der Waals surface area contributed by atoms with Crippen molar-refractivity contribution in [2.45, 2.75) is 65.5 Å². The summed E-state index contributed by atoms with van der Waals surface area (Å²) in [4.78, 5) is 19.2. The number of aromatic nitrogens is 2. The molecule has 0 amide bonds. The van der Waals surface area contributed by atoms with Gasteiger partial charge in [0, 0.05) is 17.8 Å². The molecule has 106 valence electrons. The molecule has 1 heterocycles. The first-order valence-electron chi connectivity index (χ1n) is 7.32. The molecular formula is C15H25N3O. The third-order valence-corrected chi connectivity index (χ3v) is 4.32. The second kappa shape index (κ2) is 5.87. The van der Waals surface area contributed by atoms with E-state index in [0.29, 0.717) is 11.9 Å². The van der Waals surface area contributed by atoms with E-state index in [-0.39, 0.29) is 11.6 Å². The van der Waals surface area contributed by atoms with Crippen LogP contribution in [0.2, 0.25) is 0 Å². The van der Waals surface area contributed by atoms with Gasteiger partial charge in [-0.3, -0.25) is 4.79 Å². The maximum atomic E-state index is 12.1. The summed E-state index contributed by atoms with van der Waals surface area (Å²) in [5.41, 5.74) is 1.60. The quantitative estimate of drug-likeness (QED) is 0.878. The van der Waals surface area contributed by atoms with Crippen LogP contribution in [0.3, 0.4) is 0 Å². The van der Waals surface area contributed by atoms with Gasteiger partial charge in [0.25, 0.3) is 5.56 Å². The maximum Gasteiger partial charge on any atom is 0.255 e. The lowest BCUT2D eigenvalue weighted by molar-refractivity contribution is 0.351. The SMILES string of the molecule is Cc1nc(C)c(C(C)NC(C)C2CCCC2)c(=O)[nH]1. The molecule has 0 aromatic carbocycles. The molecule has 2 unspecified atom stereocenters. The van der Waals surface area contributed by atoms with Gasteiger partial charge in [0.15, 0.2) is 0 Å². The van der Waals surface area contributed by atoms with Crippen molar-refractivity contribution in [2.24, 2.45) is 5.92 Å². The fraction of sp³-hybridized carbons (Fsp3) is 0.733. The molecule has 1 fully saturated rings. The minimum absolute atomic E-state index is 0.0105. The molecule has 0 spiro atoms. The molecule has 0 radical (unpaired) electrons. The molecule has 0 bridgehead atoms. The zero-order valence-electron chi connectivity index (χ0n) is 12.4. The zero-order chi connectivity index (χ0) is 14.0. The first-order chi connectivity index (χ1) is 8.99. The van der Waals surface area contributed by atoms with Crippen molar-refractivity contribution in [1.29, 1.82) is 0 Å². The van der Waals surface area contributed by atoms with E-state index in [9.17, 15) is 4.79 Å². The van der Waals surface area contributed by atoms with Gasteiger partial charge in [-0.05, 0) is 46.5 Å². The van der Waals surface area contributed by atoms with E-state index in [2.05, 4.69) is 29.1 Å². The Bertz CT molecular complexity index is 489. The summed E-state index contributed by atoms with van der Waals surface area (Å²) in [6.07, 6.45) is 5.30. The highest BCUT2D eigenvalue weighted by atomic mass is 16.1. The molecule has 1 aliphatic carbocycles. The number of aryl methyl sites for hydroxylation is 2. The van der Waals surface area contributed by atoms with Crippen LogP contribution in [0.4, 0.5) is 0 Å². The average molecular weight is 263 g/mol. The van der Waals surface area contributed by atoms with Gasteiger partial charge < -0.3 is 10.3 Å². The molecule has 0 saturated heterocycles. The molecule has 2 N–H and O–H groups in total. The van der Waals surface area contributed by atoms with E-state index in [0.717, 1.165) is 17.2 Å². The summed E-state index contributed by atoms with van der Waals surface area (Å²) in [6.45, 7) is 8.02. The number of nitrogens with one attached hydrogen (secondary N) is 2. The second-order valence-electron chi connectivity index (χ2n) is 5.87. The standard InChI is InChI=1S/C15H25N3O/c1-9(13-7-5-6-8-13)16-10(2)14-11(3)17-12(4)18-15(14)19/h9-10,13,16H,5-8H2,1-4H3,(H,17,18,19). The number of hydrogen-bond acceptors (Lipinski definition) is 3. The van der Waals surface area contributed by atoms with Crippen LogP contribution in [0.5, 0.6) is 0 Å². The Balaban J connectivity index is 2.11. The van der Waals surface area contributed by atoms with E-state index >= 15 is 0 Å². The Morgan fingerprint density at radius 1 is 1.26 bits per heavy atom. The summed E-state index contributed by atoms with van der Waals surface area (Å²) in [6, 6.07) is 0.505. The Hall–Kier alpha value is -1.16. The highest BCUT2D eigenvalue weighted by Crippen LogP contribution is 2.28. The van der Waals surface area contributed by atoms with Crippen molar-refractivity contribution in [3.05, 3.63) is 27.4 Å². The van der Waals surface area contributed by atoms with E-state index in [1.807, 2.05) is 13.8 Å². The van der Waals surface area contributed by atoms with Gasteiger partial charge in [0.05, 0.1) is 5.56 Å². The highest BCUT2D eigenvalue weighted by molar-refractivity contribution is 5.20. The summed E-state index contributed by atoms with van der Waals surface area (Å²) in [5, 5.41) is 3.58. The normalized spacial score (nSPS) is 19.6. The molecule has 1 aromatic heterocycles. The van der Waals surface area contributed by atoms with E-state index in [1.165, 1.54) is 25.7 Å². The van der Waals surface area contributed by atoms with Crippen molar-refractivity contribution in [3.8, 4) is 0 Å². The lowest BCUT2D eigenvalue weighted by Gasteiger charge is -2.25. The minimum Gasteiger partial charge on any atom is -0.310 e. The third kappa shape index (κ3) is 3.24. The zero-order valence-corrected chi connectivity index (χ0v) is 12.4. The summed E-state index contributed by atoms with van der Waals surface area (Å²) in [5.74, 6) is 1.43. The van der Waals surface area contributed by atoms with Crippen LogP contribution in [-0.4, -0.2) is 16.0 Å². The first kappa shape index (κ1) is 14.3. The lowest BCUT2D eigenvalue weighted by Crippen LogP contribution is -2.37. The molecule has 4 nitrogen and oxygen atoms in total. The fourth-order valence-corrected chi connectivity index (χ4v) is 3.32. The molecule has 1 aliphatic rings. The van der Waals surface area contributed by atoms with Gasteiger partial charge in [-0.1, -0.05) is 12.8 Å². The van der Waals surface area contributed by atoms with Crippen LogP contribution in [0, 0.1) is 19.8 Å². The molecule has 19 heavy (non-hydrogen) atoms. The maximum absolute atomic E-state index is 12.1. The van der Waals surface area contributed by atoms with Crippen LogP contribution in [0.1, 0.15) is 62.7 Å². The van der Waals surface area contributed by atoms with E-state index in [4.69, 9.17) is 0 Å². The summed E-state index contributed by atoms with van der Waals surface area (Å²) >= 11 is 0. The number of H-pyrrole nitrogens is 1. The molecule has 1 aromatic rings. The lowest BCUT2D eigenvalue weighted by atomic mass is 9.98. The number of hydrogen-bond donors (Lipinski definition) is 2. The van der Waals surface area contributed by atoms with E-state index < -0.39 is 0 Å². The molecule has 1 saturated carbocycles. The van der Waals surface area contributed by atoms with Gasteiger partial charge in [-0.25, -0.2) is 4.98 Å². The van der Waals surface area contributed by atoms with Gasteiger partial charge >= 0.3 is 0 Å². The molecular weight excluding hydrogens is 238 g/mol. The van der Waals surface area contributed by atoms with Gasteiger partial charge in [0.1, 0.15) is 5.82 Å². The molecule has 2 rings (SSSR count). The minimum atomic E-state index is -0.0105. The molecule has 4 heteroatoms. The van der Waals surface area contributed by atoms with E-state index in [1.54, 1.807) is 0 Å². The van der Waals surface area contributed by atoms with Crippen LogP contribution in [0.15, 0.2) is 4.79 Å². The van der Waals surface area contributed by atoms with Crippen molar-refractivity contribution in [1.82, 2.24) is 15.3 Å². The monoisotopic (exact) mass is 263 g/mol. The van der Waals surface area contributed by atoms with Crippen LogP contribution in [-0.2, 0) is 0 Å². The second-order valence-corrected chi connectivity index (χ2v) is 5.87. The van der Waals surface area contributed by atoms with Crippen LogP contribution >= 0.6 is 0 Å². The molecule has 2 atom stereocenters. The van der Waals surface area contributed by atoms with Crippen molar-refractivity contribution >= 4 is 0 Å². The summed E-state index contributed by atoms with van der Waals surface area (Å²) < 4.78 is 0. The predicted octanol–water partition coefficient (Wildman–Crippen LogP) is 2.62. The smallest absolute Gasteiger partial charge is 0.255 e. The topological polar surface area (TPSA) is 57.8 Å². The predicted molar refractivity (Wildman–Crippen MR) is 77.3 cm³/mol. The van der Waals surface area contributed by atoms with Crippen molar-refractivity contribution in [2.75, 3.05) is 0 Å².